The van der Waals surface area contributed by atoms with Crippen molar-refractivity contribution >= 4 is 27.8 Å². The van der Waals surface area contributed by atoms with Crippen molar-refractivity contribution < 1.29 is 27.5 Å². The molecule has 0 aromatic carbocycles. The van der Waals surface area contributed by atoms with Crippen LogP contribution in [0.2, 0.25) is 0 Å². The van der Waals surface area contributed by atoms with Crippen molar-refractivity contribution in [2.24, 2.45) is 0 Å². The standard InChI is InChI=1S/C15H25N3O6S/c1-15(2,3)24-14(21)11-6-5-9-17-12(19)8-7-10(13(20)18(11)17)16-25(4,22)23/h10-11,16H,5-9H2,1-4H3/t10-,11-/m0/s1. The molecule has 2 aliphatic heterocycles. The average Bonchev–Trinajstić information content (AvgIpc) is 2.56. The smallest absolute Gasteiger partial charge is 0.331 e. The van der Waals surface area contributed by atoms with E-state index in [2.05, 4.69) is 4.72 Å². The van der Waals surface area contributed by atoms with Gasteiger partial charge in [0.1, 0.15) is 11.6 Å². The number of amides is 2. The number of hydrazine groups is 1. The van der Waals surface area contributed by atoms with Crippen molar-refractivity contribution in [2.45, 2.75) is 64.1 Å². The molecular weight excluding hydrogens is 350 g/mol. The second-order valence-corrected chi connectivity index (χ2v) is 9.15. The minimum absolute atomic E-state index is 0.0243. The summed E-state index contributed by atoms with van der Waals surface area (Å²) in [4.78, 5) is 37.8. The molecule has 0 saturated carbocycles. The van der Waals surface area contributed by atoms with E-state index in [0.717, 1.165) is 11.3 Å². The van der Waals surface area contributed by atoms with E-state index in [4.69, 9.17) is 4.74 Å². The zero-order valence-electron chi connectivity index (χ0n) is 14.9. The predicted molar refractivity (Wildman–Crippen MR) is 88.4 cm³/mol. The van der Waals surface area contributed by atoms with Gasteiger partial charge >= 0.3 is 5.97 Å². The van der Waals surface area contributed by atoms with Crippen molar-refractivity contribution in [2.75, 3.05) is 12.8 Å². The lowest BCUT2D eigenvalue weighted by Crippen LogP contribution is -2.62. The fourth-order valence-electron chi connectivity index (χ4n) is 2.99. The Bertz CT molecular complexity index is 669. The molecule has 2 amide bonds. The molecule has 0 aromatic heterocycles. The molecule has 0 aromatic rings. The average molecular weight is 375 g/mol. The lowest BCUT2D eigenvalue weighted by molar-refractivity contribution is -0.187. The van der Waals surface area contributed by atoms with Crippen molar-refractivity contribution in [3.63, 3.8) is 0 Å². The summed E-state index contributed by atoms with van der Waals surface area (Å²) in [5, 5.41) is 2.35. The highest BCUT2D eigenvalue weighted by Crippen LogP contribution is 2.26. The molecule has 2 saturated heterocycles. The van der Waals surface area contributed by atoms with Gasteiger partial charge in [0.05, 0.1) is 6.26 Å². The van der Waals surface area contributed by atoms with Gasteiger partial charge in [-0.2, -0.15) is 0 Å². The van der Waals surface area contributed by atoms with Crippen LogP contribution in [0.4, 0.5) is 0 Å². The van der Waals surface area contributed by atoms with Gasteiger partial charge in [-0.1, -0.05) is 0 Å². The van der Waals surface area contributed by atoms with Gasteiger partial charge in [0, 0.05) is 13.0 Å². The van der Waals surface area contributed by atoms with E-state index in [9.17, 15) is 22.8 Å². The summed E-state index contributed by atoms with van der Waals surface area (Å²) in [5.41, 5.74) is -0.733. The molecule has 10 heteroatoms. The monoisotopic (exact) mass is 375 g/mol. The molecule has 0 radical (unpaired) electrons. The molecule has 0 unspecified atom stereocenters. The summed E-state index contributed by atoms with van der Waals surface area (Å²) in [6.45, 7) is 5.47. The number of carbonyl (C=O) groups excluding carboxylic acids is 3. The van der Waals surface area contributed by atoms with Crippen LogP contribution in [0.25, 0.3) is 0 Å². The number of hydrogen-bond acceptors (Lipinski definition) is 6. The summed E-state index contributed by atoms with van der Waals surface area (Å²) >= 11 is 0. The van der Waals surface area contributed by atoms with Gasteiger partial charge in [0.25, 0.3) is 5.91 Å². The first-order chi connectivity index (χ1) is 11.4. The third-order valence-electron chi connectivity index (χ3n) is 3.90. The van der Waals surface area contributed by atoms with Gasteiger partial charge in [-0.05, 0) is 40.0 Å². The second kappa shape index (κ2) is 6.91. The highest BCUT2D eigenvalue weighted by atomic mass is 32.2. The van der Waals surface area contributed by atoms with Gasteiger partial charge in [0.2, 0.25) is 15.9 Å². The SMILES string of the molecule is CC(C)(C)OC(=O)[C@@H]1CCCN2C(=O)CC[C@H](NS(C)(=O)=O)C(=O)N12. The van der Waals surface area contributed by atoms with E-state index in [0.29, 0.717) is 19.4 Å². The number of hydrogen-bond donors (Lipinski definition) is 1. The van der Waals surface area contributed by atoms with Crippen LogP contribution in [-0.2, 0) is 29.1 Å². The lowest BCUT2D eigenvalue weighted by atomic mass is 10.1. The largest absolute Gasteiger partial charge is 0.458 e. The van der Waals surface area contributed by atoms with Gasteiger partial charge in [-0.15, -0.1) is 0 Å². The van der Waals surface area contributed by atoms with E-state index in [1.807, 2.05) is 0 Å². The maximum absolute atomic E-state index is 12.9. The molecule has 2 rings (SSSR count). The van der Waals surface area contributed by atoms with Gasteiger partial charge in [-0.25, -0.2) is 22.9 Å². The molecular formula is C15H25N3O6S. The third-order valence-corrected chi connectivity index (χ3v) is 4.61. The quantitative estimate of drug-likeness (QED) is 0.682. The Morgan fingerprint density at radius 1 is 1.24 bits per heavy atom. The topological polar surface area (TPSA) is 113 Å². The number of sulfonamides is 1. The number of esters is 1. The maximum Gasteiger partial charge on any atom is 0.331 e. The zero-order chi connectivity index (χ0) is 19.0. The van der Waals surface area contributed by atoms with Crippen molar-refractivity contribution in [3.8, 4) is 0 Å². The van der Waals surface area contributed by atoms with Gasteiger partial charge in [-0.3, -0.25) is 14.6 Å². The van der Waals surface area contributed by atoms with Crippen LogP contribution < -0.4 is 4.72 Å². The highest BCUT2D eigenvalue weighted by molar-refractivity contribution is 7.88. The Hall–Kier alpha value is -1.68. The number of nitrogens with zero attached hydrogens (tertiary/aromatic N) is 2. The molecule has 1 N–H and O–H groups in total. The van der Waals surface area contributed by atoms with Crippen LogP contribution in [0.3, 0.4) is 0 Å². The fourth-order valence-corrected chi connectivity index (χ4v) is 3.72. The molecule has 2 atom stereocenters. The number of nitrogens with one attached hydrogen (secondary N) is 1. The maximum atomic E-state index is 12.9. The second-order valence-electron chi connectivity index (χ2n) is 7.37. The molecule has 2 heterocycles. The first-order valence-electron chi connectivity index (χ1n) is 8.22. The number of ether oxygens (including phenoxy) is 1. The Morgan fingerprint density at radius 2 is 1.88 bits per heavy atom. The summed E-state index contributed by atoms with van der Waals surface area (Å²) < 4.78 is 30.7. The van der Waals surface area contributed by atoms with E-state index < -0.39 is 39.6 Å². The Balaban J connectivity index is 2.33. The van der Waals surface area contributed by atoms with Gasteiger partial charge in [0.15, 0.2) is 6.04 Å². The minimum atomic E-state index is -3.64. The van der Waals surface area contributed by atoms with Crippen LogP contribution in [-0.4, -0.2) is 66.7 Å². The molecule has 142 valence electrons. The van der Waals surface area contributed by atoms with Crippen LogP contribution in [0.1, 0.15) is 46.5 Å². The third kappa shape index (κ3) is 4.91. The normalized spacial score (nSPS) is 25.4. The first kappa shape index (κ1) is 19.6. The highest BCUT2D eigenvalue weighted by Gasteiger charge is 2.45. The van der Waals surface area contributed by atoms with E-state index in [-0.39, 0.29) is 18.7 Å². The molecule has 25 heavy (non-hydrogen) atoms. The Labute approximate surface area is 147 Å². The zero-order valence-corrected chi connectivity index (χ0v) is 15.8. The van der Waals surface area contributed by atoms with Crippen molar-refractivity contribution in [3.05, 3.63) is 0 Å². The molecule has 0 bridgehead atoms. The molecule has 0 aliphatic carbocycles. The van der Waals surface area contributed by atoms with Gasteiger partial charge < -0.3 is 4.74 Å². The summed E-state index contributed by atoms with van der Waals surface area (Å²) in [6, 6.07) is -2.02. The van der Waals surface area contributed by atoms with Crippen molar-refractivity contribution in [1.29, 1.82) is 0 Å². The predicted octanol–water partition coefficient (Wildman–Crippen LogP) is -0.226. The van der Waals surface area contributed by atoms with Crippen LogP contribution in [0.15, 0.2) is 0 Å². The Morgan fingerprint density at radius 3 is 2.44 bits per heavy atom. The lowest BCUT2D eigenvalue weighted by Gasteiger charge is -2.43. The van der Waals surface area contributed by atoms with Crippen molar-refractivity contribution in [1.82, 2.24) is 14.7 Å². The van der Waals surface area contributed by atoms with E-state index in [1.54, 1.807) is 20.8 Å². The van der Waals surface area contributed by atoms with E-state index in [1.165, 1.54) is 5.01 Å². The first-order valence-corrected chi connectivity index (χ1v) is 10.1. The summed E-state index contributed by atoms with van der Waals surface area (Å²) in [5.74, 6) is -1.51. The summed E-state index contributed by atoms with van der Waals surface area (Å²) in [6.07, 6.45) is 1.95. The van der Waals surface area contributed by atoms with Crippen LogP contribution in [0, 0.1) is 0 Å². The van der Waals surface area contributed by atoms with Crippen LogP contribution in [0.5, 0.6) is 0 Å². The Kier molecular flexibility index (Phi) is 5.43. The molecule has 2 fully saturated rings. The summed E-state index contributed by atoms with van der Waals surface area (Å²) in [7, 11) is -3.64. The molecule has 0 spiro atoms. The number of carbonyl (C=O) groups is 3. The number of fused-ring (bicyclic) bond motifs is 1. The fraction of sp³-hybridized carbons (Fsp3) is 0.800. The van der Waals surface area contributed by atoms with E-state index >= 15 is 0 Å². The van der Waals surface area contributed by atoms with Crippen LogP contribution >= 0.6 is 0 Å². The number of rotatable bonds is 3. The molecule has 2 aliphatic rings. The minimum Gasteiger partial charge on any atom is -0.458 e. The molecule has 9 nitrogen and oxygen atoms in total.